The molecular formula is C24H16FN3O5S. The number of esters is 1. The molecule has 5 aromatic rings. The van der Waals surface area contributed by atoms with E-state index in [1.165, 1.54) is 23.6 Å². The third kappa shape index (κ3) is 3.63. The Hall–Kier alpha value is -4.31. The van der Waals surface area contributed by atoms with E-state index in [1.54, 1.807) is 37.3 Å². The molecular weight excluding hydrogens is 461 g/mol. The van der Waals surface area contributed by atoms with Crippen LogP contribution in [-0.4, -0.2) is 28.3 Å². The van der Waals surface area contributed by atoms with E-state index >= 15 is 0 Å². The van der Waals surface area contributed by atoms with Gasteiger partial charge in [0.2, 0.25) is 0 Å². The van der Waals surface area contributed by atoms with Gasteiger partial charge in [-0.15, -0.1) is 11.3 Å². The fourth-order valence-electron chi connectivity index (χ4n) is 3.54. The number of benzene rings is 2. The highest BCUT2D eigenvalue weighted by atomic mass is 32.1. The first-order chi connectivity index (χ1) is 16.5. The molecule has 0 bridgehead atoms. The van der Waals surface area contributed by atoms with Gasteiger partial charge in [0.1, 0.15) is 22.1 Å². The van der Waals surface area contributed by atoms with Gasteiger partial charge in [-0.1, -0.05) is 30.3 Å². The highest BCUT2D eigenvalue weighted by Crippen LogP contribution is 2.31. The quantitative estimate of drug-likeness (QED) is 0.366. The minimum absolute atomic E-state index is 0.00997. The van der Waals surface area contributed by atoms with Gasteiger partial charge in [-0.2, -0.15) is 9.78 Å². The van der Waals surface area contributed by atoms with E-state index < -0.39 is 23.3 Å². The molecule has 2 aromatic carbocycles. The van der Waals surface area contributed by atoms with Crippen LogP contribution in [-0.2, 0) is 4.74 Å². The number of carbonyl (C=O) groups is 2. The lowest BCUT2D eigenvalue weighted by molar-refractivity contribution is 0.0519. The number of amides is 1. The van der Waals surface area contributed by atoms with Gasteiger partial charge in [-0.3, -0.25) is 9.59 Å². The molecule has 0 fully saturated rings. The molecule has 0 atom stereocenters. The number of rotatable bonds is 5. The SMILES string of the molecule is CCOC(=O)c1nn(-c2ccccc2F)c(=O)c2c(NC(=O)c3cc4ccccc4o3)scc12. The fourth-order valence-corrected chi connectivity index (χ4v) is 4.47. The molecule has 0 aliphatic carbocycles. The second-order valence-corrected chi connectivity index (χ2v) is 8.07. The molecule has 10 heteroatoms. The Kier molecular flexibility index (Phi) is 5.42. The summed E-state index contributed by atoms with van der Waals surface area (Å²) in [6.07, 6.45) is 0. The number of nitrogens with one attached hydrogen (secondary N) is 1. The van der Waals surface area contributed by atoms with Gasteiger partial charge in [0.05, 0.1) is 12.0 Å². The van der Waals surface area contributed by atoms with Crippen LogP contribution in [0, 0.1) is 5.82 Å². The number of hydrogen-bond donors (Lipinski definition) is 1. The maximum Gasteiger partial charge on any atom is 0.359 e. The zero-order valence-corrected chi connectivity index (χ0v) is 18.5. The molecule has 170 valence electrons. The van der Waals surface area contributed by atoms with E-state index in [4.69, 9.17) is 9.15 Å². The number of halogens is 1. The van der Waals surface area contributed by atoms with Crippen LogP contribution in [0.4, 0.5) is 9.39 Å². The van der Waals surface area contributed by atoms with Crippen molar-refractivity contribution in [1.82, 2.24) is 9.78 Å². The summed E-state index contributed by atoms with van der Waals surface area (Å²) in [6.45, 7) is 1.72. The van der Waals surface area contributed by atoms with Crippen molar-refractivity contribution in [3.05, 3.63) is 87.6 Å². The van der Waals surface area contributed by atoms with Gasteiger partial charge in [-0.05, 0) is 31.2 Å². The van der Waals surface area contributed by atoms with Crippen molar-refractivity contribution in [1.29, 1.82) is 0 Å². The van der Waals surface area contributed by atoms with Gasteiger partial charge in [0.15, 0.2) is 11.5 Å². The van der Waals surface area contributed by atoms with Crippen LogP contribution in [0.3, 0.4) is 0 Å². The summed E-state index contributed by atoms with van der Waals surface area (Å²) in [7, 11) is 0. The average molecular weight is 477 g/mol. The predicted octanol–water partition coefficient (Wildman–Crippen LogP) is 4.76. The zero-order valence-electron chi connectivity index (χ0n) is 17.7. The summed E-state index contributed by atoms with van der Waals surface area (Å²) < 4.78 is 26.0. The van der Waals surface area contributed by atoms with Crippen molar-refractivity contribution in [2.45, 2.75) is 6.92 Å². The van der Waals surface area contributed by atoms with E-state index in [-0.39, 0.29) is 39.5 Å². The number of fused-ring (bicyclic) bond motifs is 2. The average Bonchev–Trinajstić information content (AvgIpc) is 3.45. The van der Waals surface area contributed by atoms with Crippen molar-refractivity contribution < 1.29 is 23.1 Å². The summed E-state index contributed by atoms with van der Waals surface area (Å²) >= 11 is 1.04. The van der Waals surface area contributed by atoms with Crippen molar-refractivity contribution in [3.8, 4) is 5.69 Å². The molecule has 3 heterocycles. The molecule has 0 saturated carbocycles. The van der Waals surface area contributed by atoms with Crippen LogP contribution in [0.25, 0.3) is 27.4 Å². The maximum atomic E-state index is 14.5. The van der Waals surface area contributed by atoms with E-state index in [9.17, 15) is 18.8 Å². The predicted molar refractivity (Wildman–Crippen MR) is 125 cm³/mol. The van der Waals surface area contributed by atoms with Crippen LogP contribution < -0.4 is 10.9 Å². The van der Waals surface area contributed by atoms with Gasteiger partial charge in [-0.25, -0.2) is 9.18 Å². The summed E-state index contributed by atoms with van der Waals surface area (Å²) in [4.78, 5) is 38.9. The Morgan fingerprint density at radius 3 is 2.71 bits per heavy atom. The van der Waals surface area contributed by atoms with Crippen LogP contribution in [0.1, 0.15) is 28.0 Å². The van der Waals surface area contributed by atoms with Gasteiger partial charge >= 0.3 is 5.97 Å². The number of hydrogen-bond acceptors (Lipinski definition) is 7. The maximum absolute atomic E-state index is 14.5. The van der Waals surface area contributed by atoms with Crippen molar-refractivity contribution in [2.75, 3.05) is 11.9 Å². The topological polar surface area (TPSA) is 103 Å². The highest BCUT2D eigenvalue weighted by Gasteiger charge is 2.24. The molecule has 3 aromatic heterocycles. The molecule has 0 unspecified atom stereocenters. The lowest BCUT2D eigenvalue weighted by Crippen LogP contribution is -2.26. The number of carbonyl (C=O) groups excluding carboxylic acids is 2. The molecule has 0 aliphatic heterocycles. The Bertz CT molecular complexity index is 1600. The number of ether oxygens (including phenoxy) is 1. The fraction of sp³-hybridized carbons (Fsp3) is 0.0833. The third-order valence-corrected chi connectivity index (χ3v) is 5.97. The van der Waals surface area contributed by atoms with Crippen LogP contribution >= 0.6 is 11.3 Å². The summed E-state index contributed by atoms with van der Waals surface area (Å²) in [5.41, 5.74) is -0.463. The Morgan fingerprint density at radius 1 is 1.18 bits per heavy atom. The molecule has 1 amide bonds. The Morgan fingerprint density at radius 2 is 1.94 bits per heavy atom. The number of nitrogens with zero attached hydrogens (tertiary/aromatic N) is 2. The Balaban J connectivity index is 1.65. The molecule has 1 N–H and O–H groups in total. The van der Waals surface area contributed by atoms with E-state index in [0.717, 1.165) is 21.4 Å². The monoisotopic (exact) mass is 477 g/mol. The second-order valence-electron chi connectivity index (χ2n) is 7.19. The van der Waals surface area contributed by atoms with Crippen molar-refractivity contribution >= 4 is 50.0 Å². The first-order valence-corrected chi connectivity index (χ1v) is 11.1. The summed E-state index contributed by atoms with van der Waals surface area (Å²) in [6, 6.07) is 14.3. The first-order valence-electron chi connectivity index (χ1n) is 10.2. The second kappa shape index (κ2) is 8.56. The molecule has 0 spiro atoms. The largest absolute Gasteiger partial charge is 0.461 e. The normalized spacial score (nSPS) is 11.1. The van der Waals surface area contributed by atoms with Crippen molar-refractivity contribution in [2.24, 2.45) is 0 Å². The molecule has 34 heavy (non-hydrogen) atoms. The number of aromatic nitrogens is 2. The minimum Gasteiger partial charge on any atom is -0.461 e. The van der Waals surface area contributed by atoms with Gasteiger partial charge < -0.3 is 14.5 Å². The van der Waals surface area contributed by atoms with Gasteiger partial charge in [0.25, 0.3) is 11.5 Å². The van der Waals surface area contributed by atoms with E-state index in [2.05, 4.69) is 10.4 Å². The minimum atomic E-state index is -0.773. The number of anilines is 1. The third-order valence-electron chi connectivity index (χ3n) is 5.08. The number of furan rings is 1. The van der Waals surface area contributed by atoms with Crippen LogP contribution in [0.5, 0.6) is 0 Å². The molecule has 8 nitrogen and oxygen atoms in total. The van der Waals surface area contributed by atoms with Crippen LogP contribution in [0.2, 0.25) is 0 Å². The van der Waals surface area contributed by atoms with Gasteiger partial charge in [0, 0.05) is 16.2 Å². The zero-order chi connectivity index (χ0) is 23.8. The lowest BCUT2D eigenvalue weighted by atomic mass is 10.2. The molecule has 5 rings (SSSR count). The number of para-hydroxylation sites is 2. The lowest BCUT2D eigenvalue weighted by Gasteiger charge is -2.10. The standard InChI is InChI=1S/C24H16FN3O5S/c1-2-32-24(31)20-14-12-34-22(26-21(29)18-11-13-7-3-6-10-17(13)33-18)19(14)23(30)28(27-20)16-9-5-4-8-15(16)25/h3-12H,2H2,1H3,(H,26,29). The molecule has 0 aliphatic rings. The first kappa shape index (κ1) is 21.5. The van der Waals surface area contributed by atoms with Crippen molar-refractivity contribution in [3.63, 3.8) is 0 Å². The highest BCUT2D eigenvalue weighted by molar-refractivity contribution is 7.16. The van der Waals surface area contributed by atoms with E-state index in [1.807, 2.05) is 6.07 Å². The molecule has 0 saturated heterocycles. The smallest absolute Gasteiger partial charge is 0.359 e. The van der Waals surface area contributed by atoms with E-state index in [0.29, 0.717) is 5.58 Å². The summed E-state index contributed by atoms with van der Waals surface area (Å²) in [5, 5.41) is 9.42. The van der Waals surface area contributed by atoms with Crippen LogP contribution in [0.15, 0.2) is 69.2 Å². The number of thiophene rings is 1. The summed E-state index contributed by atoms with van der Waals surface area (Å²) in [5.74, 6) is -2.00. The Labute approximate surface area is 195 Å². The molecule has 0 radical (unpaired) electrons.